The maximum atomic E-state index is 14.8. The fourth-order valence-corrected chi connectivity index (χ4v) is 4.52. The molecule has 1 amide bonds. The SMILES string of the molecule is CN1CC[C@H](c2ccccc2C(=O)Nc2n[nH]c3cc(Nc4ccccc4F)ccc23)[C@H](F)C1. The van der Waals surface area contributed by atoms with Crippen molar-refractivity contribution in [2.75, 3.05) is 30.8 Å². The number of amides is 1. The summed E-state index contributed by atoms with van der Waals surface area (Å²) in [5.41, 5.74) is 2.90. The van der Waals surface area contributed by atoms with Gasteiger partial charge in [-0.15, -0.1) is 0 Å². The number of halogens is 2. The highest BCUT2D eigenvalue weighted by Crippen LogP contribution is 2.33. The van der Waals surface area contributed by atoms with E-state index in [1.54, 1.807) is 48.5 Å². The van der Waals surface area contributed by atoms with E-state index < -0.39 is 6.17 Å². The molecule has 3 N–H and O–H groups in total. The lowest BCUT2D eigenvalue weighted by atomic mass is 9.85. The second-order valence-corrected chi connectivity index (χ2v) is 8.65. The molecule has 0 radical (unpaired) electrons. The van der Waals surface area contributed by atoms with Gasteiger partial charge in [-0.05, 0) is 62.0 Å². The molecule has 1 saturated heterocycles. The predicted octanol–water partition coefficient (Wildman–Crippen LogP) is 5.46. The molecular weight excluding hydrogens is 436 g/mol. The average molecular weight is 462 g/mol. The number of carbonyl (C=O) groups is 1. The van der Waals surface area contributed by atoms with Crippen LogP contribution in [0, 0.1) is 5.82 Å². The summed E-state index contributed by atoms with van der Waals surface area (Å²) in [5, 5.41) is 13.8. The predicted molar refractivity (Wildman–Crippen MR) is 130 cm³/mol. The number of likely N-dealkylation sites (tertiary alicyclic amines) is 1. The Hall–Kier alpha value is -3.78. The molecule has 0 saturated carbocycles. The zero-order valence-corrected chi connectivity index (χ0v) is 18.7. The largest absolute Gasteiger partial charge is 0.353 e. The molecule has 3 aromatic carbocycles. The molecule has 2 heterocycles. The number of H-pyrrole nitrogens is 1. The Balaban J connectivity index is 1.37. The van der Waals surface area contributed by atoms with Crippen LogP contribution in [0.1, 0.15) is 28.3 Å². The number of alkyl halides is 1. The van der Waals surface area contributed by atoms with Crippen molar-refractivity contribution in [1.29, 1.82) is 0 Å². The summed E-state index contributed by atoms with van der Waals surface area (Å²) >= 11 is 0. The molecule has 0 aliphatic carbocycles. The molecule has 6 nitrogen and oxygen atoms in total. The van der Waals surface area contributed by atoms with Crippen molar-refractivity contribution in [3.05, 3.63) is 83.7 Å². The summed E-state index contributed by atoms with van der Waals surface area (Å²) in [6, 6.07) is 19.0. The van der Waals surface area contributed by atoms with Gasteiger partial charge in [0.1, 0.15) is 12.0 Å². The van der Waals surface area contributed by atoms with Crippen molar-refractivity contribution < 1.29 is 13.6 Å². The summed E-state index contributed by atoms with van der Waals surface area (Å²) in [7, 11) is 1.90. The number of fused-ring (bicyclic) bond motifs is 1. The third-order valence-electron chi connectivity index (χ3n) is 6.30. The van der Waals surface area contributed by atoms with Crippen LogP contribution in [0.2, 0.25) is 0 Å². The first kappa shape index (κ1) is 22.0. The maximum absolute atomic E-state index is 14.8. The minimum Gasteiger partial charge on any atom is -0.353 e. The number of hydrogen-bond acceptors (Lipinski definition) is 4. The first-order valence-electron chi connectivity index (χ1n) is 11.2. The first-order chi connectivity index (χ1) is 16.5. The molecule has 0 bridgehead atoms. The van der Waals surface area contributed by atoms with Crippen LogP contribution >= 0.6 is 0 Å². The fraction of sp³-hybridized carbons (Fsp3) is 0.231. The Bertz CT molecular complexity index is 1340. The van der Waals surface area contributed by atoms with Gasteiger partial charge in [0.15, 0.2) is 5.82 Å². The van der Waals surface area contributed by atoms with E-state index in [2.05, 4.69) is 20.8 Å². The van der Waals surface area contributed by atoms with Crippen LogP contribution in [0.15, 0.2) is 66.7 Å². The van der Waals surface area contributed by atoms with E-state index >= 15 is 0 Å². The second kappa shape index (κ2) is 9.23. The highest BCUT2D eigenvalue weighted by atomic mass is 19.1. The average Bonchev–Trinajstić information content (AvgIpc) is 3.22. The first-order valence-corrected chi connectivity index (χ1v) is 11.2. The summed E-state index contributed by atoms with van der Waals surface area (Å²) in [6.45, 7) is 1.14. The minimum absolute atomic E-state index is 0.318. The highest BCUT2D eigenvalue weighted by Gasteiger charge is 2.31. The Morgan fingerprint density at radius 2 is 1.91 bits per heavy atom. The van der Waals surface area contributed by atoms with E-state index in [1.807, 2.05) is 24.1 Å². The van der Waals surface area contributed by atoms with Gasteiger partial charge in [0.25, 0.3) is 5.91 Å². The third-order valence-corrected chi connectivity index (χ3v) is 6.30. The van der Waals surface area contributed by atoms with Gasteiger partial charge in [-0.25, -0.2) is 8.78 Å². The van der Waals surface area contributed by atoms with E-state index in [0.29, 0.717) is 46.6 Å². The van der Waals surface area contributed by atoms with Crippen LogP contribution < -0.4 is 10.6 Å². The molecule has 34 heavy (non-hydrogen) atoms. The Morgan fingerprint density at radius 1 is 1.12 bits per heavy atom. The molecule has 174 valence electrons. The standard InChI is InChI=1S/C26H25F2N5O/c1-33-13-12-18(22(28)15-33)17-6-2-3-7-19(17)26(34)30-25-20-11-10-16(14-24(20)31-32-25)29-23-9-5-4-8-21(23)27/h2-11,14,18,22,29H,12-13,15H2,1H3,(H2,30,31,32,34)/t18-,22-/m1/s1. The molecule has 1 aromatic heterocycles. The van der Waals surface area contributed by atoms with Crippen molar-refractivity contribution in [3.8, 4) is 0 Å². The van der Waals surface area contributed by atoms with Gasteiger partial charge in [-0.3, -0.25) is 9.89 Å². The molecule has 5 rings (SSSR count). The monoisotopic (exact) mass is 461 g/mol. The summed E-state index contributed by atoms with van der Waals surface area (Å²) in [6.07, 6.45) is -0.371. The Morgan fingerprint density at radius 3 is 2.74 bits per heavy atom. The van der Waals surface area contributed by atoms with Crippen LogP contribution in [0.3, 0.4) is 0 Å². The number of rotatable bonds is 5. The topological polar surface area (TPSA) is 73.0 Å². The minimum atomic E-state index is -1.03. The molecule has 8 heteroatoms. The van der Waals surface area contributed by atoms with Crippen LogP contribution in [0.4, 0.5) is 26.0 Å². The molecule has 0 unspecified atom stereocenters. The van der Waals surface area contributed by atoms with Crippen molar-refractivity contribution >= 4 is 34.0 Å². The van der Waals surface area contributed by atoms with Gasteiger partial charge in [0, 0.05) is 29.1 Å². The van der Waals surface area contributed by atoms with E-state index in [4.69, 9.17) is 0 Å². The van der Waals surface area contributed by atoms with Crippen LogP contribution in [-0.2, 0) is 0 Å². The molecule has 1 aliphatic rings. The number of carbonyl (C=O) groups excluding carboxylic acids is 1. The van der Waals surface area contributed by atoms with E-state index in [1.165, 1.54) is 6.07 Å². The second-order valence-electron chi connectivity index (χ2n) is 8.65. The molecule has 1 aliphatic heterocycles. The number of piperidine rings is 1. The number of benzene rings is 3. The number of aromatic amines is 1. The molecule has 1 fully saturated rings. The van der Waals surface area contributed by atoms with E-state index in [0.717, 1.165) is 12.1 Å². The van der Waals surface area contributed by atoms with Gasteiger partial charge >= 0.3 is 0 Å². The zero-order chi connectivity index (χ0) is 23.7. The van der Waals surface area contributed by atoms with Gasteiger partial charge in [-0.2, -0.15) is 5.10 Å². The summed E-state index contributed by atoms with van der Waals surface area (Å²) in [4.78, 5) is 15.2. The normalized spacial score (nSPS) is 18.7. The number of nitrogens with zero attached hydrogens (tertiary/aromatic N) is 2. The summed E-state index contributed by atoms with van der Waals surface area (Å²) < 4.78 is 28.8. The van der Waals surface area contributed by atoms with Crippen molar-refractivity contribution in [1.82, 2.24) is 15.1 Å². The Labute approximate surface area is 196 Å². The van der Waals surface area contributed by atoms with Crippen LogP contribution in [0.25, 0.3) is 10.9 Å². The number of nitrogens with one attached hydrogen (secondary N) is 3. The quantitative estimate of drug-likeness (QED) is 0.369. The van der Waals surface area contributed by atoms with E-state index in [9.17, 15) is 13.6 Å². The number of para-hydroxylation sites is 1. The van der Waals surface area contributed by atoms with Gasteiger partial charge in [0.05, 0.1) is 11.2 Å². The molecular formula is C26H25F2N5O. The van der Waals surface area contributed by atoms with Crippen molar-refractivity contribution in [2.45, 2.75) is 18.5 Å². The summed E-state index contributed by atoms with van der Waals surface area (Å²) in [5.74, 6) is -0.615. The maximum Gasteiger partial charge on any atom is 0.257 e. The van der Waals surface area contributed by atoms with Gasteiger partial charge < -0.3 is 15.5 Å². The van der Waals surface area contributed by atoms with Crippen LogP contribution in [-0.4, -0.2) is 47.3 Å². The van der Waals surface area contributed by atoms with E-state index in [-0.39, 0.29) is 17.6 Å². The zero-order valence-electron chi connectivity index (χ0n) is 18.7. The Kier molecular flexibility index (Phi) is 5.98. The molecule has 4 aromatic rings. The third kappa shape index (κ3) is 4.36. The smallest absolute Gasteiger partial charge is 0.257 e. The van der Waals surface area contributed by atoms with Gasteiger partial charge in [-0.1, -0.05) is 30.3 Å². The lowest BCUT2D eigenvalue weighted by Crippen LogP contribution is -2.38. The fourth-order valence-electron chi connectivity index (χ4n) is 4.52. The van der Waals surface area contributed by atoms with Crippen molar-refractivity contribution in [3.63, 3.8) is 0 Å². The lowest BCUT2D eigenvalue weighted by molar-refractivity contribution is 0.102. The molecule has 0 spiro atoms. The number of aromatic nitrogens is 2. The van der Waals surface area contributed by atoms with Crippen LogP contribution in [0.5, 0.6) is 0 Å². The number of hydrogen-bond donors (Lipinski definition) is 3. The van der Waals surface area contributed by atoms with Crippen molar-refractivity contribution in [2.24, 2.45) is 0 Å². The lowest BCUT2D eigenvalue weighted by Gasteiger charge is -2.33. The van der Waals surface area contributed by atoms with Gasteiger partial charge in [0.2, 0.25) is 0 Å². The number of anilines is 3. The highest BCUT2D eigenvalue weighted by molar-refractivity contribution is 6.09. The molecule has 2 atom stereocenters.